The number of nitrogens with zero attached hydrogens (tertiary/aromatic N) is 2. The highest BCUT2D eigenvalue weighted by Gasteiger charge is 2.39. The first-order valence-electron chi connectivity index (χ1n) is 13.5. The molecular formula is C31H25F7N6O5. The normalized spacial score (nSPS) is 11.8. The lowest BCUT2D eigenvalue weighted by Crippen LogP contribution is -2.21. The van der Waals surface area contributed by atoms with Crippen molar-refractivity contribution in [1.82, 2.24) is 15.0 Å². The Morgan fingerprint density at radius 1 is 0.878 bits per heavy atom. The van der Waals surface area contributed by atoms with E-state index in [2.05, 4.69) is 20.3 Å². The van der Waals surface area contributed by atoms with E-state index in [-0.39, 0.29) is 5.82 Å². The molecule has 2 aromatic heterocycles. The van der Waals surface area contributed by atoms with E-state index in [1.54, 1.807) is 42.7 Å². The number of nitrogen functional groups attached to an aromatic ring is 1. The number of benzene rings is 3. The van der Waals surface area contributed by atoms with Crippen LogP contribution in [0.15, 0.2) is 79.1 Å². The van der Waals surface area contributed by atoms with Crippen molar-refractivity contribution in [2.75, 3.05) is 11.1 Å². The lowest BCUT2D eigenvalue weighted by molar-refractivity contribution is -0.193. The van der Waals surface area contributed by atoms with Crippen molar-refractivity contribution in [3.63, 3.8) is 0 Å². The molecular weight excluding hydrogens is 669 g/mol. The Labute approximate surface area is 271 Å². The molecule has 0 saturated heterocycles. The van der Waals surface area contributed by atoms with E-state index in [0.29, 0.717) is 34.0 Å². The molecule has 3 aromatic carbocycles. The number of aliphatic carboxylic acids is 2. The van der Waals surface area contributed by atoms with Crippen molar-refractivity contribution in [3.05, 3.63) is 107 Å². The van der Waals surface area contributed by atoms with Crippen LogP contribution in [-0.4, -0.2) is 55.4 Å². The molecule has 11 nitrogen and oxygen atoms in total. The van der Waals surface area contributed by atoms with E-state index in [1.165, 1.54) is 6.07 Å². The molecule has 0 radical (unpaired) electrons. The van der Waals surface area contributed by atoms with Gasteiger partial charge in [0.15, 0.2) is 0 Å². The van der Waals surface area contributed by atoms with Gasteiger partial charge in [-0.3, -0.25) is 4.79 Å². The third-order valence-corrected chi connectivity index (χ3v) is 6.41. The summed E-state index contributed by atoms with van der Waals surface area (Å²) in [7, 11) is 0. The first kappa shape index (κ1) is 37.3. The number of anilines is 2. The number of aromatic nitrogens is 3. The van der Waals surface area contributed by atoms with Crippen molar-refractivity contribution in [3.8, 4) is 11.3 Å². The van der Waals surface area contributed by atoms with Crippen molar-refractivity contribution in [2.45, 2.75) is 25.3 Å². The van der Waals surface area contributed by atoms with Crippen LogP contribution in [0.1, 0.15) is 33.4 Å². The van der Waals surface area contributed by atoms with Crippen molar-refractivity contribution >= 4 is 40.1 Å². The predicted molar refractivity (Wildman–Crippen MR) is 163 cm³/mol. The molecule has 1 atom stereocenters. The molecule has 8 N–H and O–H groups in total. The lowest BCUT2D eigenvalue weighted by atomic mass is 10.0. The minimum Gasteiger partial charge on any atom is -0.475 e. The number of primary amides is 1. The summed E-state index contributed by atoms with van der Waals surface area (Å²) < 4.78 is 78.5. The van der Waals surface area contributed by atoms with E-state index in [1.807, 2.05) is 37.3 Å². The first-order chi connectivity index (χ1) is 22.8. The van der Waals surface area contributed by atoms with Gasteiger partial charge in [-0.2, -0.15) is 26.3 Å². The van der Waals surface area contributed by atoms with Gasteiger partial charge in [0.1, 0.15) is 23.5 Å². The number of hydrogen-bond donors (Lipinski definition) is 6. The smallest absolute Gasteiger partial charge is 0.475 e. The summed E-state index contributed by atoms with van der Waals surface area (Å²) in [6.07, 6.45) is -6.90. The van der Waals surface area contributed by atoms with Crippen LogP contribution in [0.25, 0.3) is 22.0 Å². The molecule has 49 heavy (non-hydrogen) atoms. The molecule has 0 saturated carbocycles. The molecule has 258 valence electrons. The summed E-state index contributed by atoms with van der Waals surface area (Å²) in [6.45, 7) is 1.91. The number of nitrogens with one attached hydrogen (secondary N) is 2. The molecule has 0 spiro atoms. The number of aryl methyl sites for hydroxylation is 1. The molecule has 0 aliphatic rings. The standard InChI is InChI=1S/C27H23FN6O.2C2HF3O2/c1-15-6-9-22(28)21(12-15)24(33-17-7-8-18-16(13-17)10-11-31-25(18)29)27-32-14-23(34-27)19-4-2-3-5-20(19)26(30)35;2*3-2(4,5)1(6)7/h2-14,24,33H,1H3,(H2,29,31)(H2,30,35)(H,32,34);2*(H,6,7). The average Bonchev–Trinajstić information content (AvgIpc) is 3.51. The molecule has 1 unspecified atom stereocenters. The molecule has 0 fully saturated rings. The Bertz CT molecular complexity index is 1950. The van der Waals surface area contributed by atoms with Crippen LogP contribution < -0.4 is 16.8 Å². The predicted octanol–water partition coefficient (Wildman–Crippen LogP) is 6.22. The van der Waals surface area contributed by atoms with Crippen molar-refractivity contribution in [2.24, 2.45) is 5.73 Å². The number of carbonyl (C=O) groups excluding carboxylic acids is 1. The zero-order valence-electron chi connectivity index (χ0n) is 24.9. The third-order valence-electron chi connectivity index (χ3n) is 6.41. The summed E-state index contributed by atoms with van der Waals surface area (Å²) in [5.74, 6) is -5.49. The number of H-pyrrole nitrogens is 1. The molecule has 5 rings (SSSR count). The summed E-state index contributed by atoms with van der Waals surface area (Å²) >= 11 is 0. The number of aromatic amines is 1. The van der Waals surface area contributed by atoms with Crippen LogP contribution in [0.5, 0.6) is 0 Å². The summed E-state index contributed by atoms with van der Waals surface area (Å²) in [5.41, 5.74) is 15.2. The quantitative estimate of drug-likeness (QED) is 0.112. The van der Waals surface area contributed by atoms with Gasteiger partial charge in [0.2, 0.25) is 5.91 Å². The molecule has 1 amide bonds. The van der Waals surface area contributed by atoms with Gasteiger partial charge < -0.3 is 32.0 Å². The second kappa shape index (κ2) is 15.1. The maximum atomic E-state index is 15.0. The fourth-order valence-corrected chi connectivity index (χ4v) is 4.19. The van der Waals surface area contributed by atoms with Crippen LogP contribution >= 0.6 is 0 Å². The number of hydrogen-bond acceptors (Lipinski definition) is 7. The van der Waals surface area contributed by atoms with E-state index >= 15 is 4.39 Å². The van der Waals surface area contributed by atoms with Crippen LogP contribution in [0.2, 0.25) is 0 Å². The number of carboxylic acids is 2. The van der Waals surface area contributed by atoms with Crippen molar-refractivity contribution < 1.29 is 55.3 Å². The maximum absolute atomic E-state index is 15.0. The monoisotopic (exact) mass is 694 g/mol. The number of rotatable bonds is 6. The zero-order valence-corrected chi connectivity index (χ0v) is 24.9. The number of alkyl halides is 6. The largest absolute Gasteiger partial charge is 0.490 e. The van der Waals surface area contributed by atoms with Gasteiger partial charge in [-0.1, -0.05) is 35.9 Å². The van der Waals surface area contributed by atoms with Gasteiger partial charge in [-0.15, -0.1) is 0 Å². The molecule has 2 heterocycles. The van der Waals surface area contributed by atoms with Gasteiger partial charge in [0, 0.05) is 34.0 Å². The molecule has 0 bridgehead atoms. The minimum atomic E-state index is -5.08. The average molecular weight is 695 g/mol. The number of nitrogens with two attached hydrogens (primary N) is 2. The Balaban J connectivity index is 0.000000392. The number of carboxylic acid groups (broad SMARTS) is 2. The summed E-state index contributed by atoms with van der Waals surface area (Å²) in [4.78, 5) is 41.6. The van der Waals surface area contributed by atoms with Gasteiger partial charge >= 0.3 is 24.3 Å². The van der Waals surface area contributed by atoms with Crippen molar-refractivity contribution in [1.29, 1.82) is 0 Å². The van der Waals surface area contributed by atoms with Crippen LogP contribution in [0.3, 0.4) is 0 Å². The highest BCUT2D eigenvalue weighted by molar-refractivity contribution is 5.99. The van der Waals surface area contributed by atoms with Crippen LogP contribution in [0.4, 0.5) is 42.2 Å². The van der Waals surface area contributed by atoms with Gasteiger partial charge in [-0.05, 0) is 48.7 Å². The summed E-state index contributed by atoms with van der Waals surface area (Å²) in [6, 6.07) is 18.9. The molecule has 0 aliphatic heterocycles. The van der Waals surface area contributed by atoms with E-state index in [4.69, 9.17) is 31.3 Å². The number of carbonyl (C=O) groups is 3. The Morgan fingerprint density at radius 3 is 2.08 bits per heavy atom. The first-order valence-corrected chi connectivity index (χ1v) is 13.5. The Morgan fingerprint density at radius 2 is 1.49 bits per heavy atom. The number of pyridine rings is 1. The summed E-state index contributed by atoms with van der Waals surface area (Å²) in [5, 5.41) is 19.4. The SMILES string of the molecule is Cc1ccc(F)c(C(Nc2ccc3c(N)nccc3c2)c2ncc(-c3ccccc3C(N)=O)[nH]2)c1.O=C(O)C(F)(F)F.O=C(O)C(F)(F)F. The Hall–Kier alpha value is -6.20. The number of amides is 1. The van der Waals surface area contributed by atoms with Gasteiger partial charge in [-0.25, -0.2) is 23.9 Å². The highest BCUT2D eigenvalue weighted by atomic mass is 19.4. The van der Waals surface area contributed by atoms with E-state index in [9.17, 15) is 31.1 Å². The maximum Gasteiger partial charge on any atom is 0.490 e. The second-order valence-electron chi connectivity index (χ2n) is 9.93. The van der Waals surface area contributed by atoms with Gasteiger partial charge in [0.05, 0.1) is 11.9 Å². The number of fused-ring (bicyclic) bond motifs is 1. The molecule has 5 aromatic rings. The molecule has 18 heteroatoms. The fraction of sp³-hybridized carbons (Fsp3) is 0.129. The van der Waals surface area contributed by atoms with E-state index < -0.39 is 36.2 Å². The second-order valence-corrected chi connectivity index (χ2v) is 9.93. The highest BCUT2D eigenvalue weighted by Crippen LogP contribution is 2.32. The van der Waals surface area contributed by atoms with E-state index in [0.717, 1.165) is 22.0 Å². The fourth-order valence-electron chi connectivity index (χ4n) is 4.19. The lowest BCUT2D eigenvalue weighted by Gasteiger charge is -2.20. The third kappa shape index (κ3) is 9.90. The Kier molecular flexibility index (Phi) is 11.5. The van der Waals surface area contributed by atoms with Gasteiger partial charge in [0.25, 0.3) is 0 Å². The zero-order chi connectivity index (χ0) is 36.7. The minimum absolute atomic E-state index is 0.363. The number of halogens is 7. The van der Waals surface area contributed by atoms with Crippen LogP contribution in [0, 0.1) is 12.7 Å². The topological polar surface area (TPSA) is 197 Å². The number of imidazole rings is 1. The van der Waals surface area contributed by atoms with Crippen LogP contribution in [-0.2, 0) is 9.59 Å². The molecule has 0 aliphatic carbocycles.